The Kier molecular flexibility index (Phi) is 12.9. The van der Waals surface area contributed by atoms with E-state index in [1.54, 1.807) is 48.9 Å². The van der Waals surface area contributed by atoms with Crippen molar-refractivity contribution in [1.29, 1.82) is 0 Å². The number of amides is 4. The van der Waals surface area contributed by atoms with Crippen LogP contribution in [0.2, 0.25) is 0 Å². The van der Waals surface area contributed by atoms with E-state index in [4.69, 9.17) is 14.5 Å². The van der Waals surface area contributed by atoms with Gasteiger partial charge in [0.15, 0.2) is 10.7 Å². The molecule has 4 atom stereocenters. The number of benzene rings is 2. The van der Waals surface area contributed by atoms with Crippen molar-refractivity contribution in [3.63, 3.8) is 0 Å². The number of hydrogen-bond acceptors (Lipinski definition) is 10. The number of aromatic amines is 1. The molecule has 0 radical (unpaired) electrons. The highest BCUT2D eigenvalue weighted by Crippen LogP contribution is 2.34. The molecule has 16 heteroatoms. The SMILES string of the molecule is COC(=O)N[C@H](C(=O)N1CCCC1c1ncc(-c2ccc(-c3cn4cc(CC(=O)C5CCCCN5C(=O)[C@H](NC(=O)OC(C)(C)C)c5ccccc5)nc4s3)cc2)[nH]1)C(C)C. The van der Waals surface area contributed by atoms with Gasteiger partial charge in [-0.2, -0.15) is 0 Å². The second-order valence-corrected chi connectivity index (χ2v) is 18.0. The molecule has 5 heterocycles. The number of ether oxygens (including phenoxy) is 2. The average Bonchev–Trinajstić information content (AvgIpc) is 4.06. The number of likely N-dealkylation sites (tertiary alicyclic amines) is 2. The number of H-pyrrole nitrogens is 1. The number of nitrogens with zero attached hydrogens (tertiary/aromatic N) is 5. The molecule has 0 saturated carbocycles. The lowest BCUT2D eigenvalue weighted by atomic mass is 9.94. The monoisotopic (exact) mass is 850 g/mol. The number of carbonyl (C=O) groups excluding carboxylic acids is 5. The first-order chi connectivity index (χ1) is 29.2. The minimum absolute atomic E-state index is 0.0734. The summed E-state index contributed by atoms with van der Waals surface area (Å²) in [4.78, 5) is 84.5. The highest BCUT2D eigenvalue weighted by molar-refractivity contribution is 7.20. The summed E-state index contributed by atoms with van der Waals surface area (Å²) in [7, 11) is 1.28. The fourth-order valence-electron chi connectivity index (χ4n) is 8.07. The molecule has 322 valence electrons. The number of Topliss-reactive ketones (excluding diaryl/α,β-unsaturated/α-hetero) is 1. The van der Waals surface area contributed by atoms with Crippen LogP contribution in [0.5, 0.6) is 0 Å². The molecule has 3 aromatic heterocycles. The van der Waals surface area contributed by atoms with Crippen molar-refractivity contribution in [2.45, 2.75) is 103 Å². The van der Waals surface area contributed by atoms with E-state index in [-0.39, 0.29) is 36.0 Å². The molecule has 4 amide bonds. The highest BCUT2D eigenvalue weighted by Gasteiger charge is 2.39. The Hall–Kier alpha value is -6.03. The van der Waals surface area contributed by atoms with Gasteiger partial charge in [-0.25, -0.2) is 19.6 Å². The van der Waals surface area contributed by atoms with Crippen molar-refractivity contribution in [1.82, 2.24) is 39.8 Å². The lowest BCUT2D eigenvalue weighted by molar-refractivity contribution is -0.143. The van der Waals surface area contributed by atoms with Crippen molar-refractivity contribution in [3.8, 4) is 21.7 Å². The number of carbonyl (C=O) groups is 5. The Morgan fingerprint density at radius 3 is 2.28 bits per heavy atom. The molecule has 61 heavy (non-hydrogen) atoms. The van der Waals surface area contributed by atoms with Crippen LogP contribution in [0.1, 0.15) is 95.9 Å². The molecule has 2 aliphatic rings. The third-order valence-corrected chi connectivity index (χ3v) is 12.1. The number of methoxy groups -OCH3 is 1. The number of imidazole rings is 2. The number of fused-ring (bicyclic) bond motifs is 1. The van der Waals surface area contributed by atoms with Gasteiger partial charge < -0.3 is 34.9 Å². The number of piperidine rings is 1. The fraction of sp³-hybridized carbons (Fsp3) is 0.444. The number of rotatable bonds is 12. The summed E-state index contributed by atoms with van der Waals surface area (Å²) in [6.45, 7) is 10.1. The molecule has 3 N–H and O–H groups in total. The number of alkyl carbamates (subject to hydrolysis) is 2. The Bertz CT molecular complexity index is 2330. The van der Waals surface area contributed by atoms with Crippen molar-refractivity contribution in [2.24, 2.45) is 5.92 Å². The van der Waals surface area contributed by atoms with Gasteiger partial charge in [0.05, 0.1) is 48.1 Å². The second kappa shape index (κ2) is 18.3. The van der Waals surface area contributed by atoms with E-state index < -0.39 is 35.9 Å². The van der Waals surface area contributed by atoms with Crippen molar-refractivity contribution in [2.75, 3.05) is 20.2 Å². The molecule has 2 aromatic carbocycles. The predicted octanol–water partition coefficient (Wildman–Crippen LogP) is 7.26. The van der Waals surface area contributed by atoms with Crippen LogP contribution in [-0.4, -0.2) is 96.8 Å². The first-order valence-corrected chi connectivity index (χ1v) is 21.7. The number of hydrogen-bond donors (Lipinski definition) is 3. The maximum absolute atomic E-state index is 14.2. The van der Waals surface area contributed by atoms with Crippen molar-refractivity contribution < 1.29 is 33.4 Å². The first-order valence-electron chi connectivity index (χ1n) is 20.8. The Labute approximate surface area is 359 Å². The van der Waals surface area contributed by atoms with Gasteiger partial charge in [-0.05, 0) is 75.5 Å². The average molecular weight is 851 g/mol. The summed E-state index contributed by atoms with van der Waals surface area (Å²) in [5.41, 5.74) is 3.27. The molecular weight excluding hydrogens is 797 g/mol. The van der Waals surface area contributed by atoms with E-state index in [0.717, 1.165) is 52.3 Å². The Balaban J connectivity index is 1.00. The molecule has 2 aliphatic heterocycles. The zero-order valence-corrected chi connectivity index (χ0v) is 36.3. The van der Waals surface area contributed by atoms with Crippen LogP contribution >= 0.6 is 11.3 Å². The topological polar surface area (TPSA) is 180 Å². The molecule has 0 spiro atoms. The smallest absolute Gasteiger partial charge is 0.408 e. The molecule has 0 bridgehead atoms. The molecule has 2 fully saturated rings. The van der Waals surface area contributed by atoms with Gasteiger partial charge in [0.2, 0.25) is 5.91 Å². The van der Waals surface area contributed by atoms with Crippen LogP contribution in [0.15, 0.2) is 73.2 Å². The fourth-order valence-corrected chi connectivity index (χ4v) is 9.06. The number of aromatic nitrogens is 4. The van der Waals surface area contributed by atoms with Crippen LogP contribution in [0.4, 0.5) is 9.59 Å². The summed E-state index contributed by atoms with van der Waals surface area (Å²) in [6.07, 6.45) is 8.09. The largest absolute Gasteiger partial charge is 0.453 e. The molecule has 2 saturated heterocycles. The van der Waals surface area contributed by atoms with Crippen LogP contribution < -0.4 is 10.6 Å². The van der Waals surface area contributed by atoms with Gasteiger partial charge >= 0.3 is 12.2 Å². The molecule has 7 rings (SSSR count). The molecule has 5 aromatic rings. The number of nitrogens with one attached hydrogen (secondary N) is 3. The Morgan fingerprint density at radius 2 is 1.59 bits per heavy atom. The minimum atomic E-state index is -1.01. The third kappa shape index (κ3) is 9.96. The van der Waals surface area contributed by atoms with Crippen LogP contribution in [-0.2, 0) is 30.3 Å². The number of ketones is 1. The molecule has 2 unspecified atom stereocenters. The third-order valence-electron chi connectivity index (χ3n) is 11.1. The van der Waals surface area contributed by atoms with E-state index in [1.807, 2.05) is 73.1 Å². The van der Waals surface area contributed by atoms with Gasteiger partial charge in [-0.3, -0.25) is 18.8 Å². The molecule has 0 aliphatic carbocycles. The van der Waals surface area contributed by atoms with E-state index >= 15 is 0 Å². The molecular formula is C45H54N8O7S. The van der Waals surface area contributed by atoms with E-state index in [9.17, 15) is 24.0 Å². The zero-order valence-electron chi connectivity index (χ0n) is 35.5. The second-order valence-electron chi connectivity index (χ2n) is 17.0. The normalized spacial score (nSPS) is 17.9. The zero-order chi connectivity index (χ0) is 43.4. The van der Waals surface area contributed by atoms with Gasteiger partial charge in [0.25, 0.3) is 5.91 Å². The van der Waals surface area contributed by atoms with E-state index in [0.29, 0.717) is 36.6 Å². The van der Waals surface area contributed by atoms with Crippen molar-refractivity contribution >= 4 is 46.1 Å². The lowest BCUT2D eigenvalue weighted by Crippen LogP contribution is -2.53. The maximum Gasteiger partial charge on any atom is 0.408 e. The van der Waals surface area contributed by atoms with Crippen LogP contribution in [0, 0.1) is 5.92 Å². The van der Waals surface area contributed by atoms with Gasteiger partial charge in [0.1, 0.15) is 23.5 Å². The van der Waals surface area contributed by atoms with Crippen LogP contribution in [0.25, 0.3) is 26.7 Å². The van der Waals surface area contributed by atoms with Crippen molar-refractivity contribution in [3.05, 3.63) is 90.3 Å². The highest BCUT2D eigenvalue weighted by atomic mass is 32.1. The number of thiazole rings is 1. The predicted molar refractivity (Wildman–Crippen MR) is 231 cm³/mol. The quantitative estimate of drug-likeness (QED) is 0.117. The maximum atomic E-state index is 14.2. The first kappa shape index (κ1) is 43.1. The summed E-state index contributed by atoms with van der Waals surface area (Å²) < 4.78 is 12.2. The van der Waals surface area contributed by atoms with Gasteiger partial charge in [0, 0.05) is 25.5 Å². The van der Waals surface area contributed by atoms with Crippen LogP contribution in [0.3, 0.4) is 0 Å². The molecule has 15 nitrogen and oxygen atoms in total. The summed E-state index contributed by atoms with van der Waals surface area (Å²) in [6, 6.07) is 14.6. The standard InChI is InChI=1S/C45H54N8O7S/c1-27(2)37(49-43(57)59-6)40(55)53-22-12-16-34(53)39-46-24-32(48-39)28-17-19-29(20-18-28)36-26-51-25-31(47-42(51)61-36)23-35(54)33-15-10-11-21-52(33)41(56)38(30-13-8-7-9-14-30)50-44(58)60-45(3,4)5/h7-9,13-14,17-20,24-27,33-34,37-38H,10-12,15-16,21-23H2,1-6H3,(H,46,48)(H,49,57)(H,50,58)/t33?,34?,37-,38+/m0/s1. The van der Waals surface area contributed by atoms with Gasteiger partial charge in [-0.1, -0.05) is 79.8 Å². The Morgan fingerprint density at radius 1 is 0.869 bits per heavy atom. The van der Waals surface area contributed by atoms with E-state index in [2.05, 4.69) is 20.6 Å². The summed E-state index contributed by atoms with van der Waals surface area (Å²) in [5.74, 6) is -0.0107. The summed E-state index contributed by atoms with van der Waals surface area (Å²) in [5, 5.41) is 5.45. The minimum Gasteiger partial charge on any atom is -0.453 e. The lowest BCUT2D eigenvalue weighted by Gasteiger charge is -2.37. The summed E-state index contributed by atoms with van der Waals surface area (Å²) >= 11 is 1.52. The van der Waals surface area contributed by atoms with Gasteiger partial charge in [-0.15, -0.1) is 0 Å². The van der Waals surface area contributed by atoms with E-state index in [1.165, 1.54) is 18.4 Å².